The smallest absolute Gasteiger partial charge is 0.316 e. The topological polar surface area (TPSA) is 65.2 Å². The van der Waals surface area contributed by atoms with Crippen LogP contribution in [0.25, 0.3) is 11.5 Å². The van der Waals surface area contributed by atoms with Crippen LogP contribution >= 0.6 is 23.4 Å². The number of nitrogens with zero attached hydrogens (tertiary/aromatic N) is 2. The molecule has 1 fully saturated rings. The number of rotatable bonds is 6. The Labute approximate surface area is 169 Å². The number of hydrogen-bond donors (Lipinski definition) is 0. The van der Waals surface area contributed by atoms with Crippen LogP contribution in [0.4, 0.5) is 0 Å². The van der Waals surface area contributed by atoms with Gasteiger partial charge < -0.3 is 9.15 Å². The maximum absolute atomic E-state index is 12.3. The molecule has 0 N–H and O–H groups in total. The second kappa shape index (κ2) is 9.11. The van der Waals surface area contributed by atoms with Gasteiger partial charge in [0, 0.05) is 10.6 Å². The third-order valence-electron chi connectivity index (χ3n) is 5.04. The number of aromatic nitrogens is 2. The Morgan fingerprint density at radius 1 is 1.37 bits per heavy atom. The van der Waals surface area contributed by atoms with Crippen LogP contribution in [0, 0.1) is 17.8 Å². The maximum atomic E-state index is 12.3. The van der Waals surface area contributed by atoms with Crippen LogP contribution in [-0.2, 0) is 9.53 Å². The Bertz CT molecular complexity index is 780. The molecule has 0 radical (unpaired) electrons. The van der Waals surface area contributed by atoms with Gasteiger partial charge in [-0.15, -0.1) is 10.2 Å². The van der Waals surface area contributed by atoms with Crippen LogP contribution in [0.1, 0.15) is 40.0 Å². The van der Waals surface area contributed by atoms with Crippen molar-refractivity contribution in [2.45, 2.75) is 51.4 Å². The molecule has 0 bridgehead atoms. The number of benzene rings is 1. The first-order chi connectivity index (χ1) is 12.9. The van der Waals surface area contributed by atoms with E-state index < -0.39 is 0 Å². The minimum atomic E-state index is -0.229. The van der Waals surface area contributed by atoms with Gasteiger partial charge in [0.05, 0.1) is 0 Å². The molecule has 1 saturated carbocycles. The predicted molar refractivity (Wildman–Crippen MR) is 107 cm³/mol. The van der Waals surface area contributed by atoms with Crippen molar-refractivity contribution in [2.75, 3.05) is 5.75 Å². The van der Waals surface area contributed by atoms with Crippen LogP contribution in [0.2, 0.25) is 5.02 Å². The molecule has 7 heteroatoms. The molecule has 0 amide bonds. The summed E-state index contributed by atoms with van der Waals surface area (Å²) in [5, 5.41) is 8.96. The molecule has 27 heavy (non-hydrogen) atoms. The Morgan fingerprint density at radius 2 is 2.19 bits per heavy atom. The van der Waals surface area contributed by atoms with E-state index in [1.807, 2.05) is 12.1 Å². The van der Waals surface area contributed by atoms with Crippen molar-refractivity contribution < 1.29 is 13.9 Å². The lowest BCUT2D eigenvalue weighted by atomic mass is 9.75. The van der Waals surface area contributed by atoms with Gasteiger partial charge in [0.25, 0.3) is 5.22 Å². The zero-order valence-corrected chi connectivity index (χ0v) is 17.4. The number of hydrogen-bond acceptors (Lipinski definition) is 6. The molecule has 3 rings (SSSR count). The quantitative estimate of drug-likeness (QED) is 0.465. The van der Waals surface area contributed by atoms with Crippen molar-refractivity contribution in [3.8, 4) is 11.5 Å². The van der Waals surface area contributed by atoms with E-state index in [0.717, 1.165) is 18.4 Å². The summed E-state index contributed by atoms with van der Waals surface area (Å²) in [6.07, 6.45) is 3.28. The summed E-state index contributed by atoms with van der Waals surface area (Å²) in [6.45, 7) is 6.63. The van der Waals surface area contributed by atoms with Gasteiger partial charge in [-0.2, -0.15) is 0 Å². The SMILES string of the molecule is CC1CCC(C(C)C)C(OC(=O)CSc2nnc(-c3cccc(Cl)c3)o2)C1. The second-order valence-corrected chi connectivity index (χ2v) is 8.89. The van der Waals surface area contributed by atoms with Gasteiger partial charge in [-0.3, -0.25) is 4.79 Å². The van der Waals surface area contributed by atoms with E-state index in [4.69, 9.17) is 20.8 Å². The van der Waals surface area contributed by atoms with E-state index in [2.05, 4.69) is 31.0 Å². The minimum Gasteiger partial charge on any atom is -0.461 e. The fraction of sp³-hybridized carbons (Fsp3) is 0.550. The number of halogens is 1. The molecule has 0 spiro atoms. The summed E-state index contributed by atoms with van der Waals surface area (Å²) in [7, 11) is 0. The zero-order valence-electron chi connectivity index (χ0n) is 15.9. The van der Waals surface area contributed by atoms with Gasteiger partial charge in [0.1, 0.15) is 11.9 Å². The molecule has 1 aliphatic carbocycles. The van der Waals surface area contributed by atoms with Gasteiger partial charge >= 0.3 is 5.97 Å². The van der Waals surface area contributed by atoms with Crippen molar-refractivity contribution in [3.63, 3.8) is 0 Å². The standard InChI is InChI=1S/C20H25ClN2O3S/c1-12(2)16-8-7-13(3)9-17(16)25-18(24)11-27-20-23-22-19(26-20)14-5-4-6-15(21)10-14/h4-6,10,12-13,16-17H,7-9,11H2,1-3H3. The first-order valence-corrected chi connectivity index (χ1v) is 10.7. The van der Waals surface area contributed by atoms with E-state index in [1.54, 1.807) is 12.1 Å². The van der Waals surface area contributed by atoms with Crippen molar-refractivity contribution in [1.29, 1.82) is 0 Å². The molecule has 146 valence electrons. The van der Waals surface area contributed by atoms with Gasteiger partial charge in [-0.05, 0) is 48.8 Å². The van der Waals surface area contributed by atoms with Crippen LogP contribution < -0.4 is 0 Å². The molecular formula is C20H25ClN2O3S. The van der Waals surface area contributed by atoms with E-state index in [1.165, 1.54) is 18.2 Å². The number of carbonyl (C=O) groups excluding carboxylic acids is 1. The summed E-state index contributed by atoms with van der Waals surface area (Å²) in [4.78, 5) is 12.3. The summed E-state index contributed by atoms with van der Waals surface area (Å²) < 4.78 is 11.4. The molecular weight excluding hydrogens is 384 g/mol. The monoisotopic (exact) mass is 408 g/mol. The third kappa shape index (κ3) is 5.48. The number of carbonyl (C=O) groups is 1. The minimum absolute atomic E-state index is 0.00607. The maximum Gasteiger partial charge on any atom is 0.316 e. The highest BCUT2D eigenvalue weighted by molar-refractivity contribution is 7.99. The molecule has 1 aromatic carbocycles. The lowest BCUT2D eigenvalue weighted by Crippen LogP contribution is -2.36. The van der Waals surface area contributed by atoms with Gasteiger partial charge in [0.2, 0.25) is 5.89 Å². The highest BCUT2D eigenvalue weighted by Gasteiger charge is 2.33. The lowest BCUT2D eigenvalue weighted by Gasteiger charge is -2.36. The highest BCUT2D eigenvalue weighted by atomic mass is 35.5. The number of thioether (sulfide) groups is 1. The average Bonchev–Trinajstić information content (AvgIpc) is 3.09. The van der Waals surface area contributed by atoms with Crippen LogP contribution in [0.3, 0.4) is 0 Å². The largest absolute Gasteiger partial charge is 0.461 e. The predicted octanol–water partition coefficient (Wildman–Crippen LogP) is 5.49. The Balaban J connectivity index is 1.54. The first-order valence-electron chi connectivity index (χ1n) is 9.34. The van der Waals surface area contributed by atoms with Crippen LogP contribution in [0.5, 0.6) is 0 Å². The molecule has 1 aliphatic rings. The molecule has 0 saturated heterocycles. The Hall–Kier alpha value is -1.53. The van der Waals surface area contributed by atoms with Crippen molar-refractivity contribution >= 4 is 29.3 Å². The molecule has 3 atom stereocenters. The summed E-state index contributed by atoms with van der Waals surface area (Å²) in [5.74, 6) is 1.86. The van der Waals surface area contributed by atoms with Gasteiger partial charge in [0.15, 0.2) is 0 Å². The van der Waals surface area contributed by atoms with E-state index >= 15 is 0 Å². The van der Waals surface area contributed by atoms with Gasteiger partial charge in [-0.1, -0.05) is 56.6 Å². The van der Waals surface area contributed by atoms with Crippen molar-refractivity contribution in [3.05, 3.63) is 29.3 Å². The van der Waals surface area contributed by atoms with Crippen LogP contribution in [-0.4, -0.2) is 28.0 Å². The molecule has 0 aliphatic heterocycles. The average molecular weight is 409 g/mol. The molecule has 3 unspecified atom stereocenters. The fourth-order valence-corrected chi connectivity index (χ4v) is 4.32. The normalized spacial score (nSPS) is 22.8. The van der Waals surface area contributed by atoms with E-state index in [0.29, 0.717) is 33.9 Å². The summed E-state index contributed by atoms with van der Waals surface area (Å²) >= 11 is 7.18. The third-order valence-corrected chi connectivity index (χ3v) is 6.06. The second-order valence-electron chi connectivity index (χ2n) is 7.53. The van der Waals surface area contributed by atoms with E-state index in [9.17, 15) is 4.79 Å². The number of esters is 1. The first kappa shape index (κ1) is 20.2. The molecule has 2 aromatic rings. The summed E-state index contributed by atoms with van der Waals surface area (Å²) in [5.41, 5.74) is 0.750. The molecule has 1 heterocycles. The summed E-state index contributed by atoms with van der Waals surface area (Å²) in [6, 6.07) is 7.21. The van der Waals surface area contributed by atoms with E-state index in [-0.39, 0.29) is 17.8 Å². The Morgan fingerprint density at radius 3 is 2.93 bits per heavy atom. The number of ether oxygens (including phenoxy) is 1. The molecule has 1 aromatic heterocycles. The fourth-order valence-electron chi connectivity index (χ4n) is 3.58. The van der Waals surface area contributed by atoms with Crippen LogP contribution in [0.15, 0.2) is 33.9 Å². The van der Waals surface area contributed by atoms with Crippen molar-refractivity contribution in [1.82, 2.24) is 10.2 Å². The van der Waals surface area contributed by atoms with Gasteiger partial charge in [-0.25, -0.2) is 0 Å². The zero-order chi connectivity index (χ0) is 19.4. The highest BCUT2D eigenvalue weighted by Crippen LogP contribution is 2.35. The van der Waals surface area contributed by atoms with Crippen molar-refractivity contribution in [2.24, 2.45) is 17.8 Å². The lowest BCUT2D eigenvalue weighted by molar-refractivity contribution is -0.152. The molecule has 5 nitrogen and oxygen atoms in total. The Kier molecular flexibility index (Phi) is 6.82.